The summed E-state index contributed by atoms with van der Waals surface area (Å²) >= 11 is 0. The van der Waals surface area contributed by atoms with E-state index in [-0.39, 0.29) is 27.9 Å². The largest absolute Gasteiger partial charge is 0.383 e. The maximum absolute atomic E-state index is 14.7. The Morgan fingerprint density at radius 3 is 2.69 bits per heavy atom. The summed E-state index contributed by atoms with van der Waals surface area (Å²) in [5.74, 6) is -0.455. The Labute approximate surface area is 164 Å². The van der Waals surface area contributed by atoms with Crippen LogP contribution in [0.25, 0.3) is 22.3 Å². The van der Waals surface area contributed by atoms with Gasteiger partial charge in [0, 0.05) is 12.7 Å². The lowest BCUT2D eigenvalue weighted by Crippen LogP contribution is -2.21. The first-order chi connectivity index (χ1) is 13.9. The number of unbranched alkanes of at least 4 members (excludes halogenated alkanes) is 1. The van der Waals surface area contributed by atoms with Gasteiger partial charge in [-0.05, 0) is 24.5 Å². The van der Waals surface area contributed by atoms with Gasteiger partial charge < -0.3 is 5.73 Å². The minimum Gasteiger partial charge on any atom is -0.383 e. The van der Waals surface area contributed by atoms with Crippen molar-refractivity contribution in [2.24, 2.45) is 5.92 Å². The monoisotopic (exact) mass is 403 g/mol. The average Bonchev–Trinajstić information content (AvgIpc) is 3.51. The molecule has 2 aromatic heterocycles. The van der Waals surface area contributed by atoms with E-state index >= 15 is 0 Å². The highest BCUT2D eigenvalue weighted by molar-refractivity contribution is 5.82. The molecule has 6 nitrogen and oxygen atoms in total. The first-order valence-corrected chi connectivity index (χ1v) is 9.53. The molecule has 152 valence electrons. The van der Waals surface area contributed by atoms with Gasteiger partial charge in [0.15, 0.2) is 5.82 Å². The second kappa shape index (κ2) is 7.81. The number of benzene rings is 1. The van der Waals surface area contributed by atoms with Crippen LogP contribution < -0.4 is 11.3 Å². The first kappa shape index (κ1) is 19.4. The molecule has 1 saturated carbocycles. The molecule has 3 aromatic rings. The van der Waals surface area contributed by atoms with Crippen LogP contribution in [0.2, 0.25) is 0 Å². The van der Waals surface area contributed by atoms with E-state index in [1.807, 2.05) is 0 Å². The van der Waals surface area contributed by atoms with E-state index in [1.54, 1.807) is 0 Å². The first-order valence-electron chi connectivity index (χ1n) is 9.53. The predicted molar refractivity (Wildman–Crippen MR) is 103 cm³/mol. The molecule has 0 bridgehead atoms. The van der Waals surface area contributed by atoms with Crippen molar-refractivity contribution in [2.75, 3.05) is 5.73 Å². The van der Waals surface area contributed by atoms with Gasteiger partial charge >= 0.3 is 0 Å². The Balaban J connectivity index is 1.62. The zero-order valence-electron chi connectivity index (χ0n) is 15.6. The number of nitrogens with two attached hydrogens (primary N) is 1. The summed E-state index contributed by atoms with van der Waals surface area (Å²) in [5.41, 5.74) is 4.91. The number of anilines is 1. The van der Waals surface area contributed by atoms with Gasteiger partial charge in [-0.1, -0.05) is 25.7 Å². The number of nitrogens with zero attached hydrogens (tertiary/aromatic N) is 4. The van der Waals surface area contributed by atoms with Crippen molar-refractivity contribution >= 4 is 16.7 Å². The minimum absolute atomic E-state index is 0.0564. The van der Waals surface area contributed by atoms with Crippen LogP contribution in [0.1, 0.15) is 44.1 Å². The Morgan fingerprint density at radius 2 is 2.00 bits per heavy atom. The lowest BCUT2D eigenvalue weighted by molar-refractivity contribution is 0.151. The summed E-state index contributed by atoms with van der Waals surface area (Å²) in [5, 5.41) is 0.146. The molecule has 29 heavy (non-hydrogen) atoms. The number of nitrogen functional groups attached to an aromatic ring is 1. The maximum atomic E-state index is 14.7. The summed E-state index contributed by atoms with van der Waals surface area (Å²) in [6, 6.07) is 2.42. The summed E-state index contributed by atoms with van der Waals surface area (Å²) in [6.45, 7) is 0.534. The Kier molecular flexibility index (Phi) is 5.21. The van der Waals surface area contributed by atoms with E-state index in [1.165, 1.54) is 36.2 Å². The molecular formula is C20H20F3N5O. The van der Waals surface area contributed by atoms with E-state index in [9.17, 15) is 18.0 Å². The van der Waals surface area contributed by atoms with Crippen LogP contribution in [0.3, 0.4) is 0 Å². The number of hydrogen-bond donors (Lipinski definition) is 1. The number of fused-ring (bicyclic) bond motifs is 1. The van der Waals surface area contributed by atoms with Crippen LogP contribution in [0.4, 0.5) is 19.0 Å². The van der Waals surface area contributed by atoms with Crippen molar-refractivity contribution in [1.82, 2.24) is 19.5 Å². The highest BCUT2D eigenvalue weighted by atomic mass is 19.3. The fourth-order valence-electron chi connectivity index (χ4n) is 3.33. The predicted octanol–water partition coefficient (Wildman–Crippen LogP) is 4.09. The van der Waals surface area contributed by atoms with Crippen molar-refractivity contribution in [3.63, 3.8) is 0 Å². The number of aromatic nitrogens is 4. The van der Waals surface area contributed by atoms with Crippen molar-refractivity contribution in [3.8, 4) is 11.4 Å². The SMILES string of the molecule is Nc1nc(-c2cc3ncn(CCCCC4CC4)c(=O)c3cc2F)ncc1C(F)F. The summed E-state index contributed by atoms with van der Waals surface area (Å²) in [6.07, 6.45) is 5.20. The number of aryl methyl sites for hydroxylation is 1. The molecule has 0 aliphatic heterocycles. The molecule has 0 amide bonds. The standard InChI is InChI=1S/C20H20F3N5O/c21-15-7-13-16(8-12(15)19-25-9-14(17(22)23)18(24)27-19)26-10-28(20(13)29)6-2-1-3-11-4-5-11/h7-11,17H,1-6H2,(H2,24,25,27). The fourth-order valence-corrected chi connectivity index (χ4v) is 3.33. The fraction of sp³-hybridized carbons (Fsp3) is 0.400. The molecule has 0 spiro atoms. The van der Waals surface area contributed by atoms with E-state index in [4.69, 9.17) is 5.73 Å². The van der Waals surface area contributed by atoms with Gasteiger partial charge in [0.25, 0.3) is 12.0 Å². The third kappa shape index (κ3) is 4.08. The van der Waals surface area contributed by atoms with Crippen LogP contribution >= 0.6 is 0 Å². The van der Waals surface area contributed by atoms with Crippen LogP contribution in [-0.4, -0.2) is 19.5 Å². The second-order valence-electron chi connectivity index (χ2n) is 7.37. The molecule has 2 heterocycles. The van der Waals surface area contributed by atoms with E-state index < -0.39 is 23.6 Å². The smallest absolute Gasteiger partial charge is 0.268 e. The highest BCUT2D eigenvalue weighted by Crippen LogP contribution is 2.34. The zero-order valence-corrected chi connectivity index (χ0v) is 15.6. The summed E-state index contributed by atoms with van der Waals surface area (Å²) in [7, 11) is 0. The molecule has 1 fully saturated rings. The van der Waals surface area contributed by atoms with Crippen molar-refractivity contribution < 1.29 is 13.2 Å². The Hall–Kier alpha value is -2.97. The molecule has 0 atom stereocenters. The molecule has 0 saturated heterocycles. The lowest BCUT2D eigenvalue weighted by atomic mass is 10.1. The van der Waals surface area contributed by atoms with Crippen LogP contribution in [0.15, 0.2) is 29.5 Å². The average molecular weight is 403 g/mol. The minimum atomic E-state index is -2.82. The maximum Gasteiger partial charge on any atom is 0.268 e. The van der Waals surface area contributed by atoms with Crippen molar-refractivity contribution in [3.05, 3.63) is 46.4 Å². The van der Waals surface area contributed by atoms with Crippen LogP contribution in [-0.2, 0) is 6.54 Å². The van der Waals surface area contributed by atoms with E-state index in [2.05, 4.69) is 15.0 Å². The van der Waals surface area contributed by atoms with Crippen LogP contribution in [0, 0.1) is 11.7 Å². The van der Waals surface area contributed by atoms with Gasteiger partial charge in [-0.2, -0.15) is 0 Å². The third-order valence-electron chi connectivity index (χ3n) is 5.20. The topological polar surface area (TPSA) is 86.7 Å². The van der Waals surface area contributed by atoms with Gasteiger partial charge in [0.2, 0.25) is 0 Å². The summed E-state index contributed by atoms with van der Waals surface area (Å²) in [4.78, 5) is 24.5. The molecule has 1 aliphatic carbocycles. The summed E-state index contributed by atoms with van der Waals surface area (Å²) < 4.78 is 41.8. The highest BCUT2D eigenvalue weighted by Gasteiger charge is 2.20. The number of rotatable bonds is 7. The molecule has 1 aliphatic rings. The number of alkyl halides is 2. The molecule has 0 radical (unpaired) electrons. The quantitative estimate of drug-likeness (QED) is 0.601. The molecule has 4 rings (SSSR count). The molecule has 9 heteroatoms. The molecule has 1 aromatic carbocycles. The van der Waals surface area contributed by atoms with Gasteiger partial charge in [0.05, 0.1) is 28.4 Å². The Morgan fingerprint density at radius 1 is 1.21 bits per heavy atom. The molecule has 0 unspecified atom stereocenters. The van der Waals surface area contributed by atoms with Crippen molar-refractivity contribution in [2.45, 2.75) is 45.1 Å². The van der Waals surface area contributed by atoms with Gasteiger partial charge in [-0.3, -0.25) is 9.36 Å². The normalized spacial score (nSPS) is 14.1. The van der Waals surface area contributed by atoms with Gasteiger partial charge in [0.1, 0.15) is 11.6 Å². The lowest BCUT2D eigenvalue weighted by Gasteiger charge is -2.09. The van der Waals surface area contributed by atoms with Gasteiger partial charge in [-0.25, -0.2) is 28.1 Å². The van der Waals surface area contributed by atoms with Crippen LogP contribution in [0.5, 0.6) is 0 Å². The van der Waals surface area contributed by atoms with Gasteiger partial charge in [-0.15, -0.1) is 0 Å². The molecule has 2 N–H and O–H groups in total. The van der Waals surface area contributed by atoms with Crippen molar-refractivity contribution in [1.29, 1.82) is 0 Å². The zero-order chi connectivity index (χ0) is 20.5. The van der Waals surface area contributed by atoms with E-state index in [0.717, 1.165) is 31.0 Å². The second-order valence-corrected chi connectivity index (χ2v) is 7.37. The molecular weight excluding hydrogens is 383 g/mol. The number of hydrogen-bond acceptors (Lipinski definition) is 5. The third-order valence-corrected chi connectivity index (χ3v) is 5.20. The van der Waals surface area contributed by atoms with E-state index in [0.29, 0.717) is 6.54 Å². The number of halogens is 3. The Bertz CT molecular complexity index is 1110.